The van der Waals surface area contributed by atoms with E-state index in [1.807, 2.05) is 24.3 Å². The molecule has 0 heterocycles. The lowest BCUT2D eigenvalue weighted by atomic mass is 10.0. The second-order valence-corrected chi connectivity index (χ2v) is 6.21. The van der Waals surface area contributed by atoms with Crippen LogP contribution in [0.5, 0.6) is 5.75 Å². The van der Waals surface area contributed by atoms with Crippen LogP contribution in [0.4, 0.5) is 0 Å². The Hall–Kier alpha value is -0.250. The van der Waals surface area contributed by atoms with Crippen molar-refractivity contribution in [3.8, 4) is 5.75 Å². The fraction of sp³-hybridized carbons (Fsp3) is 0.571. The molecular weight excluding hydrogens is 314 g/mol. The minimum absolute atomic E-state index is 0.499. The van der Waals surface area contributed by atoms with Crippen molar-refractivity contribution in [2.45, 2.75) is 19.3 Å². The van der Waals surface area contributed by atoms with Gasteiger partial charge < -0.3 is 10.1 Å². The van der Waals surface area contributed by atoms with Gasteiger partial charge in [-0.25, -0.2) is 0 Å². The normalized spacial score (nSPS) is 16.6. The quantitative estimate of drug-likeness (QED) is 0.577. The summed E-state index contributed by atoms with van der Waals surface area (Å²) in [6.45, 7) is 2.67. The van der Waals surface area contributed by atoms with Gasteiger partial charge in [0.25, 0.3) is 0 Å². The van der Waals surface area contributed by atoms with Crippen LogP contribution in [0, 0.1) is 5.41 Å². The first-order valence-electron chi connectivity index (χ1n) is 6.39. The van der Waals surface area contributed by atoms with E-state index in [-0.39, 0.29) is 0 Å². The summed E-state index contributed by atoms with van der Waals surface area (Å²) in [6, 6.07) is 7.92. The lowest BCUT2D eigenvalue weighted by Gasteiger charge is -2.14. The van der Waals surface area contributed by atoms with Crippen LogP contribution in [0.3, 0.4) is 0 Å². The fourth-order valence-electron chi connectivity index (χ4n) is 2.02. The predicted octanol–water partition coefficient (Wildman–Crippen LogP) is 3.83. The summed E-state index contributed by atoms with van der Waals surface area (Å²) in [5.74, 6) is 1.69. The van der Waals surface area contributed by atoms with E-state index in [0.29, 0.717) is 12.0 Å². The van der Waals surface area contributed by atoms with Gasteiger partial charge >= 0.3 is 0 Å². The summed E-state index contributed by atoms with van der Waals surface area (Å²) < 4.78 is 6.72. The molecule has 0 aliphatic heterocycles. The highest BCUT2D eigenvalue weighted by Gasteiger charge is 2.40. The zero-order chi connectivity index (χ0) is 12.8. The second kappa shape index (κ2) is 6.78. The van der Waals surface area contributed by atoms with E-state index in [4.69, 9.17) is 16.3 Å². The number of alkyl halides is 1. The van der Waals surface area contributed by atoms with Gasteiger partial charge in [0.1, 0.15) is 12.4 Å². The minimum Gasteiger partial charge on any atom is -0.492 e. The molecule has 0 bridgehead atoms. The zero-order valence-corrected chi connectivity index (χ0v) is 12.8. The Morgan fingerprint density at radius 3 is 2.61 bits per heavy atom. The summed E-state index contributed by atoms with van der Waals surface area (Å²) >= 11 is 9.21. The molecule has 1 aromatic carbocycles. The average Bonchev–Trinajstić information content (AvgIpc) is 3.12. The zero-order valence-electron chi connectivity index (χ0n) is 10.4. The van der Waals surface area contributed by atoms with E-state index in [2.05, 4.69) is 21.2 Å². The van der Waals surface area contributed by atoms with E-state index < -0.39 is 0 Å². The van der Waals surface area contributed by atoms with E-state index in [9.17, 15) is 0 Å². The van der Waals surface area contributed by atoms with Crippen molar-refractivity contribution in [2.24, 2.45) is 5.41 Å². The number of ether oxygens (including phenoxy) is 1. The van der Waals surface area contributed by atoms with Crippen molar-refractivity contribution in [1.29, 1.82) is 0 Å². The molecule has 2 rings (SSSR count). The summed E-state index contributed by atoms with van der Waals surface area (Å²) in [5, 5.41) is 3.46. The number of benzene rings is 1. The van der Waals surface area contributed by atoms with Gasteiger partial charge in [-0.15, -0.1) is 11.6 Å². The Balaban J connectivity index is 1.57. The minimum atomic E-state index is 0.499. The van der Waals surface area contributed by atoms with Crippen LogP contribution >= 0.6 is 27.5 Å². The maximum Gasteiger partial charge on any atom is 0.119 e. The molecule has 2 nitrogen and oxygen atoms in total. The molecule has 1 aromatic rings. The van der Waals surface area contributed by atoms with Gasteiger partial charge in [0, 0.05) is 23.4 Å². The van der Waals surface area contributed by atoms with Crippen LogP contribution in [-0.4, -0.2) is 25.6 Å². The summed E-state index contributed by atoms with van der Waals surface area (Å²) in [7, 11) is 0. The van der Waals surface area contributed by atoms with Gasteiger partial charge in [0.2, 0.25) is 0 Å². The first-order valence-corrected chi connectivity index (χ1v) is 7.72. The number of hydrogen-bond donors (Lipinski definition) is 1. The van der Waals surface area contributed by atoms with Crippen molar-refractivity contribution >= 4 is 27.5 Å². The third-order valence-electron chi connectivity index (χ3n) is 3.44. The van der Waals surface area contributed by atoms with Gasteiger partial charge in [-0.3, -0.25) is 0 Å². The molecule has 0 atom stereocenters. The predicted molar refractivity (Wildman–Crippen MR) is 79.5 cm³/mol. The smallest absolute Gasteiger partial charge is 0.119 e. The highest BCUT2D eigenvalue weighted by molar-refractivity contribution is 9.10. The standard InChI is InChI=1S/C14H19BrClNO/c15-12-1-3-13(4-2-12)18-10-9-17-11-14(5-6-14)7-8-16/h1-4,17H,5-11H2. The highest BCUT2D eigenvalue weighted by atomic mass is 79.9. The number of nitrogens with one attached hydrogen (secondary N) is 1. The summed E-state index contributed by atoms with van der Waals surface area (Å²) in [5.41, 5.74) is 0.499. The molecule has 1 N–H and O–H groups in total. The van der Waals surface area contributed by atoms with Gasteiger partial charge in [-0.1, -0.05) is 15.9 Å². The van der Waals surface area contributed by atoms with Crippen molar-refractivity contribution in [1.82, 2.24) is 5.32 Å². The molecule has 0 amide bonds. The molecule has 4 heteroatoms. The third-order valence-corrected chi connectivity index (χ3v) is 4.16. The first kappa shape index (κ1) is 14.2. The molecule has 1 saturated carbocycles. The van der Waals surface area contributed by atoms with Gasteiger partial charge in [-0.05, 0) is 48.9 Å². The lowest BCUT2D eigenvalue weighted by molar-refractivity contribution is 0.305. The Morgan fingerprint density at radius 1 is 1.28 bits per heavy atom. The maximum absolute atomic E-state index is 5.80. The molecule has 1 fully saturated rings. The Morgan fingerprint density at radius 2 is 2.00 bits per heavy atom. The van der Waals surface area contributed by atoms with E-state index >= 15 is 0 Å². The van der Waals surface area contributed by atoms with Gasteiger partial charge in [0.05, 0.1) is 0 Å². The Labute approximate surface area is 122 Å². The van der Waals surface area contributed by atoms with Crippen molar-refractivity contribution < 1.29 is 4.74 Å². The van der Waals surface area contributed by atoms with Crippen LogP contribution in [0.1, 0.15) is 19.3 Å². The lowest BCUT2D eigenvalue weighted by Crippen LogP contribution is -2.28. The molecule has 0 radical (unpaired) electrons. The topological polar surface area (TPSA) is 21.3 Å². The van der Waals surface area contributed by atoms with Crippen LogP contribution in [0.25, 0.3) is 0 Å². The van der Waals surface area contributed by atoms with Crippen LogP contribution in [0.15, 0.2) is 28.7 Å². The van der Waals surface area contributed by atoms with Crippen molar-refractivity contribution in [2.75, 3.05) is 25.6 Å². The molecule has 18 heavy (non-hydrogen) atoms. The molecule has 100 valence electrons. The molecule has 0 saturated heterocycles. The molecular formula is C14H19BrClNO. The third kappa shape index (κ3) is 4.45. The van der Waals surface area contributed by atoms with Gasteiger partial charge in [0.15, 0.2) is 0 Å². The number of rotatable bonds is 8. The van der Waals surface area contributed by atoms with Gasteiger partial charge in [-0.2, -0.15) is 0 Å². The second-order valence-electron chi connectivity index (χ2n) is 4.92. The largest absolute Gasteiger partial charge is 0.492 e. The Kier molecular flexibility index (Phi) is 5.34. The van der Waals surface area contributed by atoms with E-state index in [1.54, 1.807) is 0 Å². The molecule has 0 spiro atoms. The highest BCUT2D eigenvalue weighted by Crippen LogP contribution is 2.48. The Bertz CT molecular complexity index is 365. The monoisotopic (exact) mass is 331 g/mol. The molecule has 1 aliphatic carbocycles. The summed E-state index contributed by atoms with van der Waals surface area (Å²) in [6.07, 6.45) is 3.77. The molecule has 1 aliphatic rings. The van der Waals surface area contributed by atoms with Crippen LogP contribution < -0.4 is 10.1 Å². The molecule has 0 aromatic heterocycles. The van der Waals surface area contributed by atoms with E-state index in [1.165, 1.54) is 12.8 Å². The van der Waals surface area contributed by atoms with Crippen LogP contribution in [-0.2, 0) is 0 Å². The average molecular weight is 333 g/mol. The molecule has 0 unspecified atom stereocenters. The SMILES string of the molecule is ClCCC1(CNCCOc2ccc(Br)cc2)CC1. The number of hydrogen-bond acceptors (Lipinski definition) is 2. The van der Waals surface area contributed by atoms with Crippen molar-refractivity contribution in [3.05, 3.63) is 28.7 Å². The number of halogens is 2. The van der Waals surface area contributed by atoms with Crippen LogP contribution in [0.2, 0.25) is 0 Å². The van der Waals surface area contributed by atoms with Crippen molar-refractivity contribution in [3.63, 3.8) is 0 Å². The summed E-state index contributed by atoms with van der Waals surface area (Å²) in [4.78, 5) is 0. The first-order chi connectivity index (χ1) is 8.74. The fourth-order valence-corrected chi connectivity index (χ4v) is 2.68. The maximum atomic E-state index is 5.80. The van der Waals surface area contributed by atoms with E-state index in [0.717, 1.165) is 35.6 Å².